The van der Waals surface area contributed by atoms with Crippen LogP contribution in [0.5, 0.6) is 5.75 Å². The van der Waals surface area contributed by atoms with E-state index < -0.39 is 169 Å². The number of carbonyl (C=O) groups excluding carboxylic acids is 11. The Morgan fingerprint density at radius 1 is 0.561 bits per heavy atom. The monoisotopic (exact) mass is 1980 g/mol. The maximum atomic E-state index is 15.0. The Kier molecular flexibility index (Phi) is 59.0. The number of aliphatic hydroxyl groups excluding tert-OH is 4. The smallest absolute Gasteiger partial charge is 0.410 e. The van der Waals surface area contributed by atoms with Gasteiger partial charge in [-0.2, -0.15) is 0 Å². The first-order chi connectivity index (χ1) is 66.7. The molecule has 0 aromatic heterocycles. The molecule has 0 saturated carbocycles. The minimum Gasteiger partial charge on any atom is -0.479 e. The van der Waals surface area contributed by atoms with Gasteiger partial charge in [0.2, 0.25) is 53.5 Å². The number of aliphatic carboxylic acids is 1. The number of carboxylic acid groups (broad SMARTS) is 1. The summed E-state index contributed by atoms with van der Waals surface area (Å²) in [5.41, 5.74) is 0.587. The lowest BCUT2D eigenvalue weighted by molar-refractivity contribution is -0.271. The van der Waals surface area contributed by atoms with Gasteiger partial charge in [0, 0.05) is 93.0 Å². The highest BCUT2D eigenvalue weighted by Crippen LogP contribution is 2.34. The number of hydrogen-bond acceptors (Lipinski definition) is 33. The van der Waals surface area contributed by atoms with E-state index in [9.17, 15) is 78.3 Å². The van der Waals surface area contributed by atoms with Crippen LogP contribution in [-0.2, 0) is 135 Å². The minimum atomic E-state index is -2.10. The first-order valence-corrected chi connectivity index (χ1v) is 47.8. The minimum absolute atomic E-state index is 0.0251. The molecule has 44 heteroatoms. The summed E-state index contributed by atoms with van der Waals surface area (Å²) >= 11 is 0. The molecule has 2 aromatic rings. The van der Waals surface area contributed by atoms with Crippen molar-refractivity contribution in [2.45, 2.75) is 211 Å². The van der Waals surface area contributed by atoms with Crippen LogP contribution in [0.4, 0.5) is 10.5 Å². The maximum Gasteiger partial charge on any atom is 0.410 e. The number of imide groups is 1. The van der Waals surface area contributed by atoms with Crippen LogP contribution in [0.1, 0.15) is 137 Å². The van der Waals surface area contributed by atoms with Crippen molar-refractivity contribution in [3.63, 3.8) is 0 Å². The number of benzene rings is 2. The van der Waals surface area contributed by atoms with E-state index in [2.05, 4.69) is 31.9 Å². The van der Waals surface area contributed by atoms with Crippen LogP contribution in [0.2, 0.25) is 0 Å². The molecule has 0 radical (unpaired) electrons. The third-order valence-electron chi connectivity index (χ3n) is 23.4. The van der Waals surface area contributed by atoms with Crippen LogP contribution in [0.15, 0.2) is 60.7 Å². The van der Waals surface area contributed by atoms with E-state index in [0.29, 0.717) is 170 Å². The second-order valence-corrected chi connectivity index (χ2v) is 34.5. The van der Waals surface area contributed by atoms with Gasteiger partial charge >= 0.3 is 12.1 Å². The first-order valence-electron chi connectivity index (χ1n) is 47.8. The summed E-state index contributed by atoms with van der Waals surface area (Å²) in [5, 5.41) is 69.4. The van der Waals surface area contributed by atoms with Gasteiger partial charge in [-0.05, 0) is 80.0 Å². The third kappa shape index (κ3) is 43.7. The van der Waals surface area contributed by atoms with Gasteiger partial charge in [-0.25, -0.2) is 9.59 Å². The topological polar surface area (TPSA) is 548 Å². The van der Waals surface area contributed by atoms with E-state index in [-0.39, 0.29) is 112 Å². The van der Waals surface area contributed by atoms with E-state index in [4.69, 9.17) is 80.5 Å². The van der Waals surface area contributed by atoms with Gasteiger partial charge in [-0.3, -0.25) is 57.7 Å². The molecule has 0 bridgehead atoms. The van der Waals surface area contributed by atoms with E-state index in [1.165, 1.54) is 44.4 Å². The lowest BCUT2D eigenvalue weighted by Gasteiger charge is -2.41. The molecule has 2 fully saturated rings. The fraction of sp³-hybridized carbons (Fsp3) is 0.726. The number of nitrogens with one attached hydrogen (secondary N) is 6. The average molecular weight is 1980 g/mol. The molecule has 3 aliphatic heterocycles. The molecule has 11 N–H and O–H groups in total. The maximum absolute atomic E-state index is 15.0. The fourth-order valence-electron chi connectivity index (χ4n) is 15.5. The zero-order valence-electron chi connectivity index (χ0n) is 82.9. The van der Waals surface area contributed by atoms with Crippen molar-refractivity contribution in [3.8, 4) is 5.75 Å². The number of unbranched alkanes of at least 4 members (excludes halogenated alkanes) is 1. The molecule has 44 nitrogen and oxygen atoms in total. The quantitative estimate of drug-likeness (QED) is 0.0331. The Balaban J connectivity index is 1.08. The van der Waals surface area contributed by atoms with Crippen LogP contribution < -0.4 is 36.6 Å². The van der Waals surface area contributed by atoms with Gasteiger partial charge in [0.15, 0.2) is 6.10 Å². The van der Waals surface area contributed by atoms with Crippen molar-refractivity contribution in [1.29, 1.82) is 0 Å². The van der Waals surface area contributed by atoms with Gasteiger partial charge in [0.25, 0.3) is 11.8 Å². The molecule has 788 valence electrons. The molecule has 0 unspecified atom stereocenters. The molecule has 0 aliphatic carbocycles. The summed E-state index contributed by atoms with van der Waals surface area (Å²) < 4.78 is 94.5. The lowest BCUT2D eigenvalue weighted by atomic mass is 9.89. The molecular formula is C95H154N10O34. The van der Waals surface area contributed by atoms with Gasteiger partial charge in [0.1, 0.15) is 48.8 Å². The largest absolute Gasteiger partial charge is 0.479 e. The number of amides is 11. The van der Waals surface area contributed by atoms with Gasteiger partial charge in [-0.15, -0.1) is 0 Å². The number of anilines is 1. The number of carboxylic acids is 1. The molecule has 0 spiro atoms. The first kappa shape index (κ1) is 120. The number of ether oxygens (including phenoxy) is 17. The highest BCUT2D eigenvalue weighted by Gasteiger charge is 2.49. The summed E-state index contributed by atoms with van der Waals surface area (Å²) in [7, 11) is 7.48. The Morgan fingerprint density at radius 3 is 1.60 bits per heavy atom. The highest BCUT2D eigenvalue weighted by molar-refractivity contribution is 6.13. The molecule has 2 aromatic carbocycles. The molecule has 5 rings (SSSR count). The SMILES string of the molecule is CC[C@H](C)[C@@H]([C@@H](CC(=O)N1CCC[C@H]1[C@H](OC)[C@@H](C)C(=O)N[C@H](C)[C@@H](O)c1ccccc1)OC)N(C)C(=O)[C@@H](NC(=O)[C@H](C(C)C)N(C)C(=O)OCc1ccc(O[C@@H]2O[C@H](C(=O)O)[C@@H](O)[C@H](O)[C@H]2O)c(NC(=O)CCNC(=O)[C@H](CCCCNC(=O)CCOCCOCCOCCOCCOCCOCCOCCOCCOCCOCCOCCOC)NC(=O)CCN2C(=O)C=CC2=O)c1)C(C)C. The molecule has 11 amide bonds. The number of methoxy groups -OCH3 is 3. The van der Waals surface area contributed by atoms with Crippen LogP contribution in [-0.4, -0.2) is 409 Å². The predicted octanol–water partition coefficient (Wildman–Crippen LogP) is 1.60. The Labute approximate surface area is 814 Å². The highest BCUT2D eigenvalue weighted by atomic mass is 16.7. The van der Waals surface area contributed by atoms with Gasteiger partial charge in [0.05, 0.1) is 206 Å². The molecule has 16 atom stereocenters. The summed E-state index contributed by atoms with van der Waals surface area (Å²) in [6, 6.07) is 7.30. The van der Waals surface area contributed by atoms with Gasteiger partial charge < -0.3 is 148 Å². The normalized spacial score (nSPS) is 18.7. The van der Waals surface area contributed by atoms with Gasteiger partial charge in [-0.1, -0.05) is 91.3 Å². The van der Waals surface area contributed by atoms with Crippen LogP contribution >= 0.6 is 0 Å². The molecule has 2 saturated heterocycles. The van der Waals surface area contributed by atoms with E-state index in [0.717, 1.165) is 22.0 Å². The third-order valence-corrected chi connectivity index (χ3v) is 23.4. The van der Waals surface area contributed by atoms with Crippen molar-refractivity contribution in [3.05, 3.63) is 71.8 Å². The van der Waals surface area contributed by atoms with Crippen LogP contribution in [0.3, 0.4) is 0 Å². The van der Waals surface area contributed by atoms with E-state index in [1.54, 1.807) is 84.9 Å². The molecule has 3 aliphatic rings. The number of carbonyl (C=O) groups is 12. The zero-order chi connectivity index (χ0) is 102. The number of nitrogens with zero attached hydrogens (tertiary/aromatic N) is 4. The fourth-order valence-corrected chi connectivity index (χ4v) is 15.5. The predicted molar refractivity (Wildman–Crippen MR) is 501 cm³/mol. The Morgan fingerprint density at radius 2 is 1.10 bits per heavy atom. The average Bonchev–Trinajstić information content (AvgIpc) is 1.49. The summed E-state index contributed by atoms with van der Waals surface area (Å²) in [6.45, 7) is 22.9. The number of likely N-dealkylation sites (tertiary alicyclic amines) is 1. The van der Waals surface area contributed by atoms with Crippen molar-refractivity contribution in [2.24, 2.45) is 23.7 Å². The van der Waals surface area contributed by atoms with Crippen molar-refractivity contribution in [1.82, 2.24) is 46.2 Å². The van der Waals surface area contributed by atoms with E-state index in [1.807, 2.05) is 19.9 Å². The van der Waals surface area contributed by atoms with Crippen molar-refractivity contribution >= 4 is 76.8 Å². The number of hydrogen-bond donors (Lipinski definition) is 11. The number of aliphatic hydroxyl groups is 4. The van der Waals surface area contributed by atoms with E-state index >= 15 is 4.79 Å². The Hall–Kier alpha value is -9.14. The second-order valence-electron chi connectivity index (χ2n) is 34.5. The summed E-state index contributed by atoms with van der Waals surface area (Å²) in [5.74, 6) is -9.80. The van der Waals surface area contributed by atoms with Crippen molar-refractivity contribution < 1.29 is 164 Å². The lowest BCUT2D eigenvalue weighted by Crippen LogP contribution is -2.61. The van der Waals surface area contributed by atoms with Crippen LogP contribution in [0.25, 0.3) is 0 Å². The zero-order valence-corrected chi connectivity index (χ0v) is 82.9. The van der Waals surface area contributed by atoms with Crippen LogP contribution in [0, 0.1) is 23.7 Å². The molecule has 139 heavy (non-hydrogen) atoms. The summed E-state index contributed by atoms with van der Waals surface area (Å²) in [4.78, 5) is 168. The Bertz CT molecular complexity index is 3970. The van der Waals surface area contributed by atoms with Crippen molar-refractivity contribution in [2.75, 3.05) is 219 Å². The number of rotatable bonds is 75. The second kappa shape index (κ2) is 68.1. The summed E-state index contributed by atoms with van der Waals surface area (Å²) in [6.07, 6.45) is -10.3. The standard InChI is InChI=1S/C95H154N10O34/c1-14-64(6)82(73(124-12)60-79(111)104-34-20-24-71(104)87(125-13)65(7)89(116)98-66(8)83(112)68-21-16-15-17-22-68)102(9)92(119)80(62(2)3)101-91(118)81(63(4)5)103(10)95(122)137-61-67-25-26-72(138-94-86(115)84(113)85(114)88(139-94)93(120)121)70(59-67)100-75(107)29-33-97-90(117)69(99-76(108)30-35-105-77(109)27-28-78(105)110)23-18-19-32-96-74(106)31-36-126-39-40-128-43-44-130-47-48-132-51-52-134-55-56-136-58-57-135-54-53-133-50-49-131-46-45-129-42-41-127-38-37-123-11/h15-17,21-22,25-28,59,62-66,69,71,73,80-88,94,112-115H,14,18-20,23-24,29-58,60-61H2,1-13H3,(H,96,106)(H,97,117)(H,98,116)(H,99,108)(H,100,107)(H,101,118)(H,120,121)/t64-,65+,66+,69-,71-,73+,80-,81-,82-,83+,84-,85-,86+,87+,88-,94+/m0/s1. The molecular weight excluding hydrogens is 1830 g/mol. The number of likely N-dealkylation sites (N-methyl/N-ethyl adjacent to an activating group) is 2. The molecule has 3 heterocycles.